The molecule has 0 spiro atoms. The van der Waals surface area contributed by atoms with Crippen molar-refractivity contribution < 1.29 is 9.53 Å². The molecule has 2 heterocycles. The number of carbonyl (C=O) groups excluding carboxylic acids is 1. The lowest BCUT2D eigenvalue weighted by Crippen LogP contribution is -2.29. The molecule has 0 saturated carbocycles. The molecule has 0 aromatic carbocycles. The lowest BCUT2D eigenvalue weighted by Gasteiger charge is -2.07. The quantitative estimate of drug-likeness (QED) is 0.810. The molecule has 0 aliphatic carbocycles. The molecule has 1 atom stereocenters. The predicted octanol–water partition coefficient (Wildman–Crippen LogP) is 1.13. The minimum absolute atomic E-state index is 0.149. The van der Waals surface area contributed by atoms with Crippen molar-refractivity contribution in [1.82, 2.24) is 15.5 Å². The van der Waals surface area contributed by atoms with Gasteiger partial charge in [0.05, 0.1) is 6.61 Å². The lowest BCUT2D eigenvalue weighted by molar-refractivity contribution is 0.0944. The van der Waals surface area contributed by atoms with Gasteiger partial charge in [-0.05, 0) is 12.8 Å². The summed E-state index contributed by atoms with van der Waals surface area (Å²) in [4.78, 5) is 11.8. The number of hydrogen-bond donors (Lipinski definition) is 2. The number of aromatic nitrogens is 2. The minimum Gasteiger partial charge on any atom is -0.381 e. The summed E-state index contributed by atoms with van der Waals surface area (Å²) < 4.78 is 5.26. The molecule has 2 rings (SSSR count). The molecular weight excluding hydrogens is 252 g/mol. The first-order valence-electron chi connectivity index (χ1n) is 6.23. The highest BCUT2D eigenvalue weighted by Gasteiger charge is 2.18. The third kappa shape index (κ3) is 3.64. The summed E-state index contributed by atoms with van der Waals surface area (Å²) in [7, 11) is 0. The topological polar surface area (TPSA) is 76.1 Å². The molecular formula is C11H18N4O2S. The normalized spacial score (nSPS) is 18.8. The van der Waals surface area contributed by atoms with Crippen molar-refractivity contribution in [3.05, 3.63) is 5.01 Å². The van der Waals surface area contributed by atoms with Crippen LogP contribution in [0.4, 0.5) is 5.13 Å². The van der Waals surface area contributed by atoms with E-state index >= 15 is 0 Å². The highest BCUT2D eigenvalue weighted by Crippen LogP contribution is 2.15. The Morgan fingerprint density at radius 3 is 3.17 bits per heavy atom. The molecule has 1 saturated heterocycles. The van der Waals surface area contributed by atoms with Gasteiger partial charge in [-0.15, -0.1) is 10.2 Å². The standard InChI is InChI=1S/C11H18N4O2S/c1-2-4-12-11-15-14-10(18-11)9(16)13-6-8-3-5-17-7-8/h8H,2-7H2,1H3,(H,12,15)(H,13,16). The van der Waals surface area contributed by atoms with Crippen molar-refractivity contribution in [2.75, 3.05) is 31.6 Å². The first kappa shape index (κ1) is 13.2. The molecule has 2 N–H and O–H groups in total. The van der Waals surface area contributed by atoms with Crippen LogP contribution >= 0.6 is 11.3 Å². The zero-order valence-electron chi connectivity index (χ0n) is 10.4. The maximum atomic E-state index is 11.8. The van der Waals surface area contributed by atoms with Crippen molar-refractivity contribution in [3.8, 4) is 0 Å². The SMILES string of the molecule is CCCNc1nnc(C(=O)NCC2CCOC2)s1. The number of rotatable bonds is 6. The van der Waals surface area contributed by atoms with Gasteiger partial charge >= 0.3 is 0 Å². The number of carbonyl (C=O) groups is 1. The second-order valence-electron chi connectivity index (χ2n) is 4.28. The molecule has 1 aromatic heterocycles. The Morgan fingerprint density at radius 2 is 2.44 bits per heavy atom. The maximum absolute atomic E-state index is 11.8. The number of ether oxygens (including phenoxy) is 1. The summed E-state index contributed by atoms with van der Waals surface area (Å²) in [5.41, 5.74) is 0. The summed E-state index contributed by atoms with van der Waals surface area (Å²) in [6, 6.07) is 0. The molecule has 0 radical (unpaired) electrons. The molecule has 7 heteroatoms. The van der Waals surface area contributed by atoms with E-state index in [4.69, 9.17) is 4.74 Å². The van der Waals surface area contributed by atoms with Gasteiger partial charge < -0.3 is 15.4 Å². The average molecular weight is 270 g/mol. The van der Waals surface area contributed by atoms with Crippen molar-refractivity contribution in [1.29, 1.82) is 0 Å². The van der Waals surface area contributed by atoms with E-state index in [2.05, 4.69) is 27.8 Å². The van der Waals surface area contributed by atoms with Gasteiger partial charge in [0.25, 0.3) is 5.91 Å². The first-order valence-corrected chi connectivity index (χ1v) is 7.04. The van der Waals surface area contributed by atoms with Crippen molar-refractivity contribution in [3.63, 3.8) is 0 Å². The monoisotopic (exact) mass is 270 g/mol. The van der Waals surface area contributed by atoms with Crippen LogP contribution in [0.5, 0.6) is 0 Å². The van der Waals surface area contributed by atoms with E-state index < -0.39 is 0 Å². The summed E-state index contributed by atoms with van der Waals surface area (Å²) in [5.74, 6) is 0.281. The summed E-state index contributed by atoms with van der Waals surface area (Å²) >= 11 is 1.29. The van der Waals surface area contributed by atoms with Gasteiger partial charge in [-0.3, -0.25) is 4.79 Å². The molecule has 0 bridgehead atoms. The Hall–Kier alpha value is -1.21. The van der Waals surface area contributed by atoms with Crippen LogP contribution in [0.2, 0.25) is 0 Å². The van der Waals surface area contributed by atoms with E-state index in [9.17, 15) is 4.79 Å². The van der Waals surface area contributed by atoms with Gasteiger partial charge in [0.2, 0.25) is 10.1 Å². The van der Waals surface area contributed by atoms with Crippen molar-refractivity contribution in [2.24, 2.45) is 5.92 Å². The van der Waals surface area contributed by atoms with Gasteiger partial charge in [0.15, 0.2) is 0 Å². The van der Waals surface area contributed by atoms with Crippen LogP contribution in [0.1, 0.15) is 29.6 Å². The van der Waals surface area contributed by atoms with Crippen LogP contribution in [-0.4, -0.2) is 42.4 Å². The second kappa shape index (κ2) is 6.65. The molecule has 1 unspecified atom stereocenters. The Morgan fingerprint density at radius 1 is 1.56 bits per heavy atom. The molecule has 100 valence electrons. The largest absolute Gasteiger partial charge is 0.381 e. The number of hydrogen-bond acceptors (Lipinski definition) is 6. The zero-order chi connectivity index (χ0) is 12.8. The fourth-order valence-corrected chi connectivity index (χ4v) is 2.36. The lowest BCUT2D eigenvalue weighted by atomic mass is 10.1. The smallest absolute Gasteiger partial charge is 0.282 e. The number of nitrogens with zero attached hydrogens (tertiary/aromatic N) is 2. The first-order chi connectivity index (χ1) is 8.79. The van der Waals surface area contributed by atoms with E-state index in [1.165, 1.54) is 11.3 Å². The highest BCUT2D eigenvalue weighted by molar-refractivity contribution is 7.17. The number of nitrogens with one attached hydrogen (secondary N) is 2. The minimum atomic E-state index is -0.149. The molecule has 1 aliphatic rings. The van der Waals surface area contributed by atoms with Gasteiger partial charge in [0, 0.05) is 25.6 Å². The third-order valence-corrected chi connectivity index (χ3v) is 3.60. The van der Waals surface area contributed by atoms with Crippen LogP contribution in [0.15, 0.2) is 0 Å². The Kier molecular flexibility index (Phi) is 4.89. The van der Waals surface area contributed by atoms with E-state index in [1.807, 2.05) is 0 Å². The van der Waals surface area contributed by atoms with Crippen LogP contribution < -0.4 is 10.6 Å². The van der Waals surface area contributed by atoms with Gasteiger partial charge in [-0.2, -0.15) is 0 Å². The van der Waals surface area contributed by atoms with Crippen molar-refractivity contribution in [2.45, 2.75) is 19.8 Å². The highest BCUT2D eigenvalue weighted by atomic mass is 32.1. The Labute approximate surface area is 110 Å². The van der Waals surface area contributed by atoms with Crippen molar-refractivity contribution >= 4 is 22.4 Å². The zero-order valence-corrected chi connectivity index (χ0v) is 11.3. The number of amides is 1. The second-order valence-corrected chi connectivity index (χ2v) is 5.26. The summed E-state index contributed by atoms with van der Waals surface area (Å²) in [6.07, 6.45) is 2.03. The summed E-state index contributed by atoms with van der Waals surface area (Å²) in [5, 5.41) is 14.9. The van der Waals surface area contributed by atoms with Crippen LogP contribution in [0, 0.1) is 5.92 Å². The molecule has 18 heavy (non-hydrogen) atoms. The van der Waals surface area contributed by atoms with Gasteiger partial charge in [-0.1, -0.05) is 18.3 Å². The van der Waals surface area contributed by atoms with Gasteiger partial charge in [-0.25, -0.2) is 0 Å². The molecule has 1 amide bonds. The van der Waals surface area contributed by atoms with E-state index in [-0.39, 0.29) is 5.91 Å². The van der Waals surface area contributed by atoms with Gasteiger partial charge in [0.1, 0.15) is 0 Å². The molecule has 1 aromatic rings. The third-order valence-electron chi connectivity index (χ3n) is 2.72. The Balaban J connectivity index is 1.78. The molecule has 6 nitrogen and oxygen atoms in total. The van der Waals surface area contributed by atoms with Crippen LogP contribution in [0.25, 0.3) is 0 Å². The van der Waals surface area contributed by atoms with Crippen LogP contribution in [0.3, 0.4) is 0 Å². The van der Waals surface area contributed by atoms with E-state index in [0.29, 0.717) is 22.6 Å². The Bertz CT molecular complexity index is 390. The fraction of sp³-hybridized carbons (Fsp3) is 0.727. The fourth-order valence-electron chi connectivity index (χ4n) is 1.68. The van der Waals surface area contributed by atoms with E-state index in [1.54, 1.807) is 0 Å². The number of anilines is 1. The maximum Gasteiger partial charge on any atom is 0.282 e. The molecule has 1 aliphatic heterocycles. The average Bonchev–Trinajstić information content (AvgIpc) is 3.04. The molecule has 1 fully saturated rings. The predicted molar refractivity (Wildman–Crippen MR) is 69.9 cm³/mol. The van der Waals surface area contributed by atoms with E-state index in [0.717, 1.165) is 32.6 Å². The summed E-state index contributed by atoms with van der Waals surface area (Å²) in [6.45, 7) is 5.10. The van der Waals surface area contributed by atoms with Crippen LogP contribution in [-0.2, 0) is 4.74 Å².